The van der Waals surface area contributed by atoms with Crippen molar-refractivity contribution in [2.75, 3.05) is 19.1 Å². The van der Waals surface area contributed by atoms with E-state index in [0.29, 0.717) is 18.0 Å². The van der Waals surface area contributed by atoms with E-state index in [-0.39, 0.29) is 30.2 Å². The Balaban J connectivity index is 1.50. The summed E-state index contributed by atoms with van der Waals surface area (Å²) < 4.78 is 5.11. The number of fused-ring (bicyclic) bond motifs is 1. The maximum absolute atomic E-state index is 13.5. The van der Waals surface area contributed by atoms with Crippen LogP contribution in [0, 0.1) is 5.92 Å². The van der Waals surface area contributed by atoms with Crippen LogP contribution in [0.1, 0.15) is 18.9 Å². The highest BCUT2D eigenvalue weighted by Crippen LogP contribution is 2.32. The van der Waals surface area contributed by atoms with Crippen LogP contribution in [-0.2, 0) is 16.0 Å². The number of carbonyl (C=O) groups is 2. The lowest BCUT2D eigenvalue weighted by Crippen LogP contribution is -2.49. The molecule has 7 heteroatoms. The summed E-state index contributed by atoms with van der Waals surface area (Å²) in [6, 6.07) is 12.6. The Hall–Kier alpha value is -3.87. The molecule has 0 bridgehead atoms. The molecule has 1 aromatic carbocycles. The number of pyridine rings is 1. The van der Waals surface area contributed by atoms with Gasteiger partial charge in [0.25, 0.3) is 0 Å². The predicted molar refractivity (Wildman–Crippen MR) is 132 cm³/mol. The molecule has 0 saturated heterocycles. The summed E-state index contributed by atoms with van der Waals surface area (Å²) in [5.41, 5.74) is 3.68. The maximum atomic E-state index is 13.5. The Kier molecular flexibility index (Phi) is 7.11. The van der Waals surface area contributed by atoms with E-state index < -0.39 is 6.04 Å². The molecule has 2 N–H and O–H groups in total. The molecule has 4 rings (SSSR count). The van der Waals surface area contributed by atoms with E-state index in [2.05, 4.69) is 27.8 Å². The summed E-state index contributed by atoms with van der Waals surface area (Å²) in [6.45, 7) is 2.00. The van der Waals surface area contributed by atoms with Gasteiger partial charge in [0.05, 0.1) is 31.5 Å². The first kappa shape index (κ1) is 23.3. The van der Waals surface area contributed by atoms with Crippen LogP contribution in [0.5, 0.6) is 5.88 Å². The molecule has 7 nitrogen and oxygen atoms in total. The number of carbonyl (C=O) groups excluding carboxylic acids is 2. The highest BCUT2D eigenvalue weighted by Gasteiger charge is 2.32. The highest BCUT2D eigenvalue weighted by molar-refractivity contribution is 5.99. The van der Waals surface area contributed by atoms with E-state index >= 15 is 0 Å². The molecule has 176 valence electrons. The molecule has 2 aromatic rings. The van der Waals surface area contributed by atoms with Gasteiger partial charge in [-0.1, -0.05) is 54.6 Å². The largest absolute Gasteiger partial charge is 0.481 e. The number of benzene rings is 1. The summed E-state index contributed by atoms with van der Waals surface area (Å²) >= 11 is 0. The minimum absolute atomic E-state index is 0.159. The van der Waals surface area contributed by atoms with E-state index in [1.165, 1.54) is 4.90 Å². The molecule has 2 unspecified atom stereocenters. The number of nitrogens with zero attached hydrogens (tertiary/aromatic N) is 2. The summed E-state index contributed by atoms with van der Waals surface area (Å²) in [5.74, 6) is 0.248. The van der Waals surface area contributed by atoms with Gasteiger partial charge >= 0.3 is 0 Å². The Bertz CT molecular complexity index is 1120. The topological polar surface area (TPSA) is 83.6 Å². The molecule has 2 amide bonds. The Morgan fingerprint density at radius 1 is 1.15 bits per heavy atom. The second kappa shape index (κ2) is 10.4. The smallest absolute Gasteiger partial charge is 0.249 e. The third kappa shape index (κ3) is 5.20. The number of aromatic nitrogens is 1. The number of amides is 2. The average Bonchev–Trinajstić information content (AvgIpc) is 3.18. The van der Waals surface area contributed by atoms with Crippen LogP contribution in [-0.4, -0.2) is 43.0 Å². The zero-order valence-corrected chi connectivity index (χ0v) is 19.7. The van der Waals surface area contributed by atoms with Gasteiger partial charge in [0, 0.05) is 31.1 Å². The van der Waals surface area contributed by atoms with E-state index in [0.717, 1.165) is 16.8 Å². The van der Waals surface area contributed by atoms with Gasteiger partial charge in [0.2, 0.25) is 17.7 Å². The normalized spacial score (nSPS) is 19.3. The lowest BCUT2D eigenvalue weighted by atomic mass is 9.89. The number of allylic oxidation sites excluding steroid dienone is 3. The van der Waals surface area contributed by atoms with Crippen molar-refractivity contribution >= 4 is 17.5 Å². The van der Waals surface area contributed by atoms with Crippen LogP contribution >= 0.6 is 0 Å². The van der Waals surface area contributed by atoms with Crippen LogP contribution in [0.15, 0.2) is 84.2 Å². The van der Waals surface area contributed by atoms with Crippen molar-refractivity contribution in [2.24, 2.45) is 5.92 Å². The number of rotatable bonds is 8. The zero-order valence-electron chi connectivity index (χ0n) is 19.7. The van der Waals surface area contributed by atoms with Crippen molar-refractivity contribution < 1.29 is 14.3 Å². The second-order valence-corrected chi connectivity index (χ2v) is 8.56. The number of hydrogen-bond acceptors (Lipinski definition) is 5. The lowest BCUT2D eigenvalue weighted by Gasteiger charge is -2.25. The first-order valence-corrected chi connectivity index (χ1v) is 11.4. The molecular weight excluding hydrogens is 428 g/mol. The SMILES string of the molecule is COc1ccc(N(C)C(=O)[C@H](Cc2ccccc2)NC(=O)CC2=C(C)NC3C=CC=CC23)cn1. The summed E-state index contributed by atoms with van der Waals surface area (Å²) in [5, 5.41) is 6.45. The van der Waals surface area contributed by atoms with E-state index in [9.17, 15) is 9.59 Å². The van der Waals surface area contributed by atoms with Gasteiger partial charge < -0.3 is 20.3 Å². The quantitative estimate of drug-likeness (QED) is 0.635. The van der Waals surface area contributed by atoms with Crippen LogP contribution in [0.3, 0.4) is 0 Å². The molecule has 0 fully saturated rings. The van der Waals surface area contributed by atoms with Crippen molar-refractivity contribution in [1.82, 2.24) is 15.6 Å². The monoisotopic (exact) mass is 458 g/mol. The molecule has 2 aliphatic rings. The number of likely N-dealkylation sites (N-methyl/N-ethyl adjacent to an activating group) is 1. The summed E-state index contributed by atoms with van der Waals surface area (Å²) in [6.07, 6.45) is 10.5. The van der Waals surface area contributed by atoms with Gasteiger partial charge in [-0.25, -0.2) is 4.98 Å². The molecule has 1 aliphatic heterocycles. The number of nitrogens with one attached hydrogen (secondary N) is 2. The molecule has 0 spiro atoms. The summed E-state index contributed by atoms with van der Waals surface area (Å²) in [7, 11) is 3.23. The van der Waals surface area contributed by atoms with E-state index in [1.807, 2.05) is 49.4 Å². The van der Waals surface area contributed by atoms with Gasteiger partial charge in [-0.2, -0.15) is 0 Å². The number of hydrogen-bond donors (Lipinski definition) is 2. The van der Waals surface area contributed by atoms with Crippen molar-refractivity contribution in [3.63, 3.8) is 0 Å². The number of ether oxygens (including phenoxy) is 1. The fraction of sp³-hybridized carbons (Fsp3) is 0.296. The zero-order chi connectivity index (χ0) is 24.1. The molecule has 2 heterocycles. The van der Waals surface area contributed by atoms with Gasteiger partial charge in [-0.3, -0.25) is 9.59 Å². The minimum atomic E-state index is -0.713. The van der Waals surface area contributed by atoms with Gasteiger partial charge in [-0.05, 0) is 24.1 Å². The van der Waals surface area contributed by atoms with Crippen LogP contribution in [0.25, 0.3) is 0 Å². The summed E-state index contributed by atoms with van der Waals surface area (Å²) in [4.78, 5) is 32.3. The standard InChI is InChI=1S/C27H30N4O3/c1-18-22(21-11-7-8-12-23(21)29-18)16-25(32)30-24(15-19-9-5-4-6-10-19)27(33)31(2)20-13-14-26(34-3)28-17-20/h4-14,17,21,23-24,29H,15-16H2,1-3H3,(H,30,32)/t21?,23?,24-/m0/s1. The Morgan fingerprint density at radius 3 is 2.62 bits per heavy atom. The minimum Gasteiger partial charge on any atom is -0.481 e. The molecular formula is C27H30N4O3. The molecule has 0 radical (unpaired) electrons. The van der Waals surface area contributed by atoms with Crippen molar-refractivity contribution in [3.05, 3.63) is 89.8 Å². The van der Waals surface area contributed by atoms with Crippen molar-refractivity contribution in [2.45, 2.75) is 31.8 Å². The maximum Gasteiger partial charge on any atom is 0.249 e. The molecule has 0 saturated carbocycles. The van der Waals surface area contributed by atoms with E-state index in [4.69, 9.17) is 4.74 Å². The van der Waals surface area contributed by atoms with Crippen molar-refractivity contribution in [1.29, 1.82) is 0 Å². The van der Waals surface area contributed by atoms with E-state index in [1.54, 1.807) is 32.5 Å². The molecule has 34 heavy (non-hydrogen) atoms. The van der Waals surface area contributed by atoms with Gasteiger partial charge in [0.15, 0.2) is 0 Å². The Labute approximate surface area is 200 Å². The Morgan fingerprint density at radius 2 is 1.91 bits per heavy atom. The van der Waals surface area contributed by atoms with Crippen LogP contribution < -0.4 is 20.3 Å². The third-order valence-electron chi connectivity index (χ3n) is 6.32. The first-order valence-electron chi connectivity index (χ1n) is 11.4. The highest BCUT2D eigenvalue weighted by atomic mass is 16.5. The van der Waals surface area contributed by atoms with Crippen molar-refractivity contribution in [3.8, 4) is 5.88 Å². The van der Waals surface area contributed by atoms with Crippen LogP contribution in [0.2, 0.25) is 0 Å². The fourth-order valence-corrected chi connectivity index (χ4v) is 4.44. The number of methoxy groups -OCH3 is 1. The number of anilines is 1. The predicted octanol–water partition coefficient (Wildman–Crippen LogP) is 3.16. The van der Waals surface area contributed by atoms with Gasteiger partial charge in [-0.15, -0.1) is 0 Å². The lowest BCUT2D eigenvalue weighted by molar-refractivity contribution is -0.127. The molecule has 3 atom stereocenters. The molecule has 1 aliphatic carbocycles. The van der Waals surface area contributed by atoms with Crippen LogP contribution in [0.4, 0.5) is 5.69 Å². The fourth-order valence-electron chi connectivity index (χ4n) is 4.44. The second-order valence-electron chi connectivity index (χ2n) is 8.56. The first-order chi connectivity index (χ1) is 16.5. The van der Waals surface area contributed by atoms with Gasteiger partial charge in [0.1, 0.15) is 6.04 Å². The average molecular weight is 459 g/mol. The third-order valence-corrected chi connectivity index (χ3v) is 6.32. The molecule has 1 aromatic heterocycles.